The first-order valence-corrected chi connectivity index (χ1v) is 7.88. The fraction of sp³-hybridized carbons (Fsp3) is 0.600. The van der Waals surface area contributed by atoms with Gasteiger partial charge in [0.1, 0.15) is 5.82 Å². The lowest BCUT2D eigenvalue weighted by atomic mass is 9.95. The highest BCUT2D eigenvalue weighted by Gasteiger charge is 2.18. The minimum absolute atomic E-state index is 0.149. The lowest BCUT2D eigenvalue weighted by Gasteiger charge is -2.18. The highest BCUT2D eigenvalue weighted by atomic mass is 79.9. The van der Waals surface area contributed by atoms with Gasteiger partial charge in [0.15, 0.2) is 0 Å². The van der Waals surface area contributed by atoms with Gasteiger partial charge in [0.05, 0.1) is 0 Å². The van der Waals surface area contributed by atoms with Gasteiger partial charge < -0.3 is 0 Å². The van der Waals surface area contributed by atoms with Crippen LogP contribution in [-0.4, -0.2) is 6.04 Å². The molecule has 0 heterocycles. The molecule has 1 atom stereocenters. The maximum atomic E-state index is 13.7. The Kier molecular flexibility index (Phi) is 5.79. The van der Waals surface area contributed by atoms with Crippen molar-refractivity contribution in [1.29, 1.82) is 0 Å². The van der Waals surface area contributed by atoms with Gasteiger partial charge in [-0.2, -0.15) is 0 Å². The van der Waals surface area contributed by atoms with Crippen LogP contribution in [0.15, 0.2) is 22.7 Å². The molecule has 0 radical (unpaired) electrons. The zero-order valence-corrected chi connectivity index (χ0v) is 12.8. The predicted molar refractivity (Wildman–Crippen MR) is 80.1 cm³/mol. The number of rotatable bonds is 6. The standard InChI is InChI=1S/C15H22BrFN2/c16-13-6-8-15(17)12(9-13)10-14(19-18)7-5-11-3-1-2-4-11/h6,8-9,11,14,19H,1-5,7,10,18H2. The molecule has 2 nitrogen and oxygen atoms in total. The molecule has 1 aromatic carbocycles. The van der Waals surface area contributed by atoms with Crippen LogP contribution < -0.4 is 11.3 Å². The van der Waals surface area contributed by atoms with E-state index in [0.29, 0.717) is 6.42 Å². The topological polar surface area (TPSA) is 38.0 Å². The Morgan fingerprint density at radius 1 is 1.37 bits per heavy atom. The van der Waals surface area contributed by atoms with E-state index in [1.165, 1.54) is 38.2 Å². The normalized spacial score (nSPS) is 17.8. The molecule has 1 unspecified atom stereocenters. The molecule has 0 bridgehead atoms. The van der Waals surface area contributed by atoms with Gasteiger partial charge in [-0.05, 0) is 48.9 Å². The van der Waals surface area contributed by atoms with E-state index in [-0.39, 0.29) is 11.9 Å². The Morgan fingerprint density at radius 2 is 2.11 bits per heavy atom. The third kappa shape index (κ3) is 4.55. The van der Waals surface area contributed by atoms with Crippen molar-refractivity contribution >= 4 is 15.9 Å². The van der Waals surface area contributed by atoms with Crippen LogP contribution in [0.5, 0.6) is 0 Å². The van der Waals surface area contributed by atoms with E-state index < -0.39 is 0 Å². The molecular formula is C15H22BrFN2. The first-order chi connectivity index (χ1) is 9.19. The van der Waals surface area contributed by atoms with E-state index in [4.69, 9.17) is 5.84 Å². The predicted octanol–water partition coefficient (Wildman–Crippen LogP) is 3.93. The van der Waals surface area contributed by atoms with Crippen molar-refractivity contribution in [2.24, 2.45) is 11.8 Å². The van der Waals surface area contributed by atoms with Crippen molar-refractivity contribution in [3.05, 3.63) is 34.1 Å². The molecule has 0 aromatic heterocycles. The molecule has 19 heavy (non-hydrogen) atoms. The van der Waals surface area contributed by atoms with Gasteiger partial charge >= 0.3 is 0 Å². The SMILES string of the molecule is NNC(CCC1CCCC1)Cc1cc(Br)ccc1F. The monoisotopic (exact) mass is 328 g/mol. The van der Waals surface area contributed by atoms with Crippen LogP contribution in [0.2, 0.25) is 0 Å². The summed E-state index contributed by atoms with van der Waals surface area (Å²) >= 11 is 3.38. The summed E-state index contributed by atoms with van der Waals surface area (Å²) in [6.07, 6.45) is 8.30. The fourth-order valence-electron chi connectivity index (χ4n) is 2.95. The van der Waals surface area contributed by atoms with Gasteiger partial charge in [0.2, 0.25) is 0 Å². The summed E-state index contributed by atoms with van der Waals surface area (Å²) in [7, 11) is 0. The average Bonchev–Trinajstić information content (AvgIpc) is 2.91. The molecule has 0 spiro atoms. The summed E-state index contributed by atoms with van der Waals surface area (Å²) in [5, 5.41) is 0. The van der Waals surface area contributed by atoms with Gasteiger partial charge in [-0.15, -0.1) is 0 Å². The number of hydrazine groups is 1. The highest BCUT2D eigenvalue weighted by Crippen LogP contribution is 2.29. The van der Waals surface area contributed by atoms with Crippen LogP contribution in [0, 0.1) is 11.7 Å². The summed E-state index contributed by atoms with van der Waals surface area (Å²) in [6.45, 7) is 0. The number of benzene rings is 1. The van der Waals surface area contributed by atoms with Crippen LogP contribution in [0.3, 0.4) is 0 Å². The van der Waals surface area contributed by atoms with E-state index in [1.54, 1.807) is 6.07 Å². The van der Waals surface area contributed by atoms with E-state index in [9.17, 15) is 4.39 Å². The second-order valence-electron chi connectivity index (χ2n) is 5.53. The number of hydrogen-bond acceptors (Lipinski definition) is 2. The lowest BCUT2D eigenvalue weighted by Crippen LogP contribution is -2.37. The van der Waals surface area contributed by atoms with Gasteiger partial charge in [0.25, 0.3) is 0 Å². The molecule has 106 valence electrons. The Bertz CT molecular complexity index is 405. The third-order valence-electron chi connectivity index (χ3n) is 4.11. The van der Waals surface area contributed by atoms with E-state index in [0.717, 1.165) is 22.4 Å². The minimum Gasteiger partial charge on any atom is -0.271 e. The summed E-state index contributed by atoms with van der Waals surface area (Å²) in [6, 6.07) is 5.23. The Balaban J connectivity index is 1.88. The molecular weight excluding hydrogens is 307 g/mol. The minimum atomic E-state index is -0.149. The second kappa shape index (κ2) is 7.36. The molecule has 1 fully saturated rings. The van der Waals surface area contributed by atoms with Crippen LogP contribution >= 0.6 is 15.9 Å². The molecule has 4 heteroatoms. The zero-order valence-electron chi connectivity index (χ0n) is 11.2. The van der Waals surface area contributed by atoms with E-state index >= 15 is 0 Å². The molecule has 1 aromatic rings. The van der Waals surface area contributed by atoms with Crippen LogP contribution in [0.1, 0.15) is 44.1 Å². The Hall–Kier alpha value is -0.450. The van der Waals surface area contributed by atoms with Crippen molar-refractivity contribution in [3.63, 3.8) is 0 Å². The van der Waals surface area contributed by atoms with E-state index in [2.05, 4.69) is 21.4 Å². The number of nitrogens with two attached hydrogens (primary N) is 1. The van der Waals surface area contributed by atoms with Crippen molar-refractivity contribution in [3.8, 4) is 0 Å². The van der Waals surface area contributed by atoms with E-state index in [1.807, 2.05) is 6.07 Å². The lowest BCUT2D eigenvalue weighted by molar-refractivity contribution is 0.403. The first kappa shape index (κ1) is 14.9. The maximum Gasteiger partial charge on any atom is 0.126 e. The fourth-order valence-corrected chi connectivity index (χ4v) is 3.35. The maximum absolute atomic E-state index is 13.7. The van der Waals surface area contributed by atoms with Crippen LogP contribution in [0.25, 0.3) is 0 Å². The summed E-state index contributed by atoms with van der Waals surface area (Å²) in [4.78, 5) is 0. The molecule has 0 amide bonds. The van der Waals surface area contributed by atoms with Crippen LogP contribution in [0.4, 0.5) is 4.39 Å². The number of hydrogen-bond donors (Lipinski definition) is 2. The Morgan fingerprint density at radius 3 is 2.79 bits per heavy atom. The molecule has 1 saturated carbocycles. The van der Waals surface area contributed by atoms with Gasteiger partial charge in [0, 0.05) is 10.5 Å². The Labute approximate surface area is 123 Å². The summed E-state index contributed by atoms with van der Waals surface area (Å²) in [5.41, 5.74) is 3.56. The van der Waals surface area contributed by atoms with Gasteiger partial charge in [-0.3, -0.25) is 11.3 Å². The molecule has 0 saturated heterocycles. The van der Waals surface area contributed by atoms with Crippen molar-refractivity contribution in [2.45, 2.75) is 51.0 Å². The average molecular weight is 329 g/mol. The molecule has 1 aliphatic rings. The quantitative estimate of drug-likeness (QED) is 0.613. The first-order valence-electron chi connectivity index (χ1n) is 7.09. The van der Waals surface area contributed by atoms with Crippen molar-refractivity contribution in [2.75, 3.05) is 0 Å². The summed E-state index contributed by atoms with van der Waals surface area (Å²) < 4.78 is 14.6. The summed E-state index contributed by atoms with van der Waals surface area (Å²) in [5.74, 6) is 6.31. The number of halogens is 2. The molecule has 2 rings (SSSR count). The van der Waals surface area contributed by atoms with Crippen LogP contribution in [-0.2, 0) is 6.42 Å². The largest absolute Gasteiger partial charge is 0.271 e. The smallest absolute Gasteiger partial charge is 0.126 e. The molecule has 3 N–H and O–H groups in total. The van der Waals surface area contributed by atoms with Crippen molar-refractivity contribution < 1.29 is 4.39 Å². The third-order valence-corrected chi connectivity index (χ3v) is 4.60. The van der Waals surface area contributed by atoms with Gasteiger partial charge in [-0.1, -0.05) is 41.6 Å². The van der Waals surface area contributed by atoms with Gasteiger partial charge in [-0.25, -0.2) is 4.39 Å². The molecule has 1 aliphatic carbocycles. The molecule has 0 aliphatic heterocycles. The zero-order chi connectivity index (χ0) is 13.7. The van der Waals surface area contributed by atoms with Crippen molar-refractivity contribution in [1.82, 2.24) is 5.43 Å². The second-order valence-corrected chi connectivity index (χ2v) is 6.45. The number of nitrogens with one attached hydrogen (secondary N) is 1. The highest BCUT2D eigenvalue weighted by molar-refractivity contribution is 9.10.